The summed E-state index contributed by atoms with van der Waals surface area (Å²) in [6.07, 6.45) is 0. The number of rotatable bonds is 2. The number of nitrogens with one attached hydrogen (secondary N) is 2. The number of hydrogen-bond donors (Lipinski definition) is 3. The Labute approximate surface area is 82.1 Å². The molecule has 0 unspecified atom stereocenters. The van der Waals surface area contributed by atoms with Crippen LogP contribution in [-0.4, -0.2) is 28.5 Å². The molecule has 0 spiro atoms. The Morgan fingerprint density at radius 3 is 2.53 bits per heavy atom. The minimum Gasteiger partial charge on any atom is -0.387 e. The number of carbonyl (C=O) groups is 2. The molecule has 0 aliphatic heterocycles. The zero-order valence-corrected chi connectivity index (χ0v) is 7.40. The van der Waals surface area contributed by atoms with Gasteiger partial charge in [0, 0.05) is 6.07 Å². The predicted octanol–water partition coefficient (Wildman–Crippen LogP) is -2.29. The third-order valence-corrected chi connectivity index (χ3v) is 1.35. The van der Waals surface area contributed by atoms with Gasteiger partial charge in [-0.3, -0.25) is 14.6 Å². The lowest BCUT2D eigenvalue weighted by Gasteiger charge is -1.99. The van der Waals surface area contributed by atoms with Crippen LogP contribution in [0.1, 0.15) is 10.5 Å². The summed E-state index contributed by atoms with van der Waals surface area (Å²) in [6.45, 7) is -0.473. The van der Waals surface area contributed by atoms with Crippen molar-refractivity contribution in [1.82, 2.24) is 9.97 Å². The van der Waals surface area contributed by atoms with Crippen LogP contribution in [0.15, 0.2) is 15.7 Å². The third kappa shape index (κ3) is 2.88. The molecule has 1 heterocycles. The van der Waals surface area contributed by atoms with Gasteiger partial charge in [-0.1, -0.05) is 0 Å². The Morgan fingerprint density at radius 1 is 1.33 bits per heavy atom. The molecule has 0 saturated carbocycles. The van der Waals surface area contributed by atoms with Crippen LogP contribution in [0, 0.1) is 0 Å². The highest BCUT2D eigenvalue weighted by Crippen LogP contribution is 1.91. The largest absolute Gasteiger partial charge is 0.387 e. The maximum atomic E-state index is 11.1. The Kier molecular flexibility index (Phi) is 3.13. The highest BCUT2D eigenvalue weighted by atomic mass is 16.6. The summed E-state index contributed by atoms with van der Waals surface area (Å²) in [5.41, 5.74) is 2.84. The van der Waals surface area contributed by atoms with E-state index in [1.165, 1.54) is 0 Å². The number of hydrogen-bond acceptors (Lipinski definition) is 6. The number of aromatic amines is 2. The topological polar surface area (TPSA) is 135 Å². The number of nitrogens with two attached hydrogens (primary N) is 1. The minimum atomic E-state index is -1.13. The van der Waals surface area contributed by atoms with E-state index >= 15 is 0 Å². The Balaban J connectivity index is 2.97. The van der Waals surface area contributed by atoms with Gasteiger partial charge in [0.1, 0.15) is 5.69 Å². The van der Waals surface area contributed by atoms with Crippen molar-refractivity contribution in [2.24, 2.45) is 5.73 Å². The zero-order chi connectivity index (χ0) is 11.4. The second kappa shape index (κ2) is 4.33. The number of aromatic nitrogens is 2. The monoisotopic (exact) mass is 213 g/mol. The molecule has 0 radical (unpaired) electrons. The first kappa shape index (κ1) is 10.9. The average molecular weight is 213 g/mol. The van der Waals surface area contributed by atoms with Gasteiger partial charge >= 0.3 is 17.6 Å². The van der Waals surface area contributed by atoms with E-state index in [1.54, 1.807) is 0 Å². The number of H-pyrrole nitrogens is 2. The molecule has 0 fully saturated rings. The molecule has 8 nitrogen and oxygen atoms in total. The van der Waals surface area contributed by atoms with E-state index in [0.717, 1.165) is 6.07 Å². The van der Waals surface area contributed by atoms with Crippen LogP contribution < -0.4 is 17.0 Å². The van der Waals surface area contributed by atoms with Crippen LogP contribution in [0.3, 0.4) is 0 Å². The van der Waals surface area contributed by atoms with Crippen molar-refractivity contribution in [2.75, 3.05) is 6.54 Å². The Morgan fingerprint density at radius 2 is 2.00 bits per heavy atom. The van der Waals surface area contributed by atoms with Crippen molar-refractivity contribution in [1.29, 1.82) is 0 Å². The molecule has 4 N–H and O–H groups in total. The van der Waals surface area contributed by atoms with Gasteiger partial charge in [0.05, 0.1) is 6.54 Å². The molecule has 0 bridgehead atoms. The van der Waals surface area contributed by atoms with Crippen molar-refractivity contribution in [3.05, 3.63) is 32.6 Å². The van der Waals surface area contributed by atoms with Gasteiger partial charge in [-0.2, -0.15) is 0 Å². The van der Waals surface area contributed by atoms with E-state index in [1.807, 2.05) is 9.97 Å². The maximum absolute atomic E-state index is 11.1. The fourth-order valence-electron chi connectivity index (χ4n) is 0.779. The van der Waals surface area contributed by atoms with Crippen molar-refractivity contribution >= 4 is 11.9 Å². The molecule has 0 atom stereocenters. The Hall–Kier alpha value is -2.22. The van der Waals surface area contributed by atoms with Crippen molar-refractivity contribution in [3.63, 3.8) is 0 Å². The molecular weight excluding hydrogens is 206 g/mol. The molecule has 15 heavy (non-hydrogen) atoms. The van der Waals surface area contributed by atoms with Crippen LogP contribution in [0.5, 0.6) is 0 Å². The lowest BCUT2D eigenvalue weighted by atomic mass is 10.4. The summed E-state index contributed by atoms with van der Waals surface area (Å²) >= 11 is 0. The summed E-state index contributed by atoms with van der Waals surface area (Å²) in [4.78, 5) is 47.1. The lowest BCUT2D eigenvalue weighted by molar-refractivity contribution is -0.136. The first-order valence-corrected chi connectivity index (χ1v) is 3.81. The van der Waals surface area contributed by atoms with Crippen LogP contribution >= 0.6 is 0 Å². The van der Waals surface area contributed by atoms with Gasteiger partial charge in [0.2, 0.25) is 0 Å². The fourth-order valence-corrected chi connectivity index (χ4v) is 0.779. The van der Waals surface area contributed by atoms with E-state index in [0.29, 0.717) is 0 Å². The van der Waals surface area contributed by atoms with Gasteiger partial charge in [-0.15, -0.1) is 0 Å². The second-order valence-electron chi connectivity index (χ2n) is 2.47. The molecule has 0 amide bonds. The van der Waals surface area contributed by atoms with Gasteiger partial charge in [0.15, 0.2) is 0 Å². The quantitative estimate of drug-likeness (QED) is 0.373. The summed E-state index contributed by atoms with van der Waals surface area (Å²) in [5, 5.41) is 0. The van der Waals surface area contributed by atoms with Crippen molar-refractivity contribution in [2.45, 2.75) is 0 Å². The van der Waals surface area contributed by atoms with Crippen molar-refractivity contribution < 1.29 is 14.3 Å². The fraction of sp³-hybridized carbons (Fsp3) is 0.143. The van der Waals surface area contributed by atoms with E-state index in [4.69, 9.17) is 5.73 Å². The SMILES string of the molecule is NCC(=O)OC(=O)c1cc(=O)[nH]c(=O)[nH]1. The molecular formula is C7H7N3O5. The molecule has 1 aromatic heterocycles. The summed E-state index contributed by atoms with van der Waals surface area (Å²) in [7, 11) is 0. The van der Waals surface area contributed by atoms with Gasteiger partial charge < -0.3 is 15.5 Å². The highest BCUT2D eigenvalue weighted by molar-refractivity contribution is 5.95. The molecule has 1 aromatic rings. The molecule has 8 heteroatoms. The van der Waals surface area contributed by atoms with Crippen LogP contribution in [0.4, 0.5) is 0 Å². The second-order valence-corrected chi connectivity index (χ2v) is 2.47. The van der Waals surface area contributed by atoms with E-state index in [2.05, 4.69) is 4.74 Å². The third-order valence-electron chi connectivity index (χ3n) is 1.35. The van der Waals surface area contributed by atoms with Gasteiger partial charge in [0.25, 0.3) is 5.56 Å². The van der Waals surface area contributed by atoms with Crippen LogP contribution in [0.2, 0.25) is 0 Å². The number of carbonyl (C=O) groups excluding carboxylic acids is 2. The molecule has 0 aliphatic rings. The zero-order valence-electron chi connectivity index (χ0n) is 7.40. The molecule has 1 rings (SSSR count). The number of ether oxygens (including phenoxy) is 1. The smallest absolute Gasteiger partial charge is 0.362 e. The van der Waals surface area contributed by atoms with Crippen LogP contribution in [-0.2, 0) is 9.53 Å². The molecule has 80 valence electrons. The van der Waals surface area contributed by atoms with Gasteiger partial charge in [-0.25, -0.2) is 9.59 Å². The summed E-state index contributed by atoms with van der Waals surface area (Å²) in [6, 6.07) is 0.799. The highest BCUT2D eigenvalue weighted by Gasteiger charge is 2.13. The van der Waals surface area contributed by atoms with E-state index in [9.17, 15) is 19.2 Å². The normalized spacial score (nSPS) is 9.67. The molecule has 0 aromatic carbocycles. The summed E-state index contributed by atoms with van der Waals surface area (Å²) in [5.74, 6) is -2.09. The predicted molar refractivity (Wildman–Crippen MR) is 47.2 cm³/mol. The van der Waals surface area contributed by atoms with Crippen LogP contribution in [0.25, 0.3) is 0 Å². The Bertz CT molecular complexity index is 472. The number of esters is 2. The standard InChI is InChI=1S/C7H7N3O5/c8-2-5(12)15-6(13)3-1-4(11)10-7(14)9-3/h1H,2,8H2,(H2,9,10,11,14). The van der Waals surface area contributed by atoms with Crippen molar-refractivity contribution in [3.8, 4) is 0 Å². The molecule has 0 saturated heterocycles. The molecule has 0 aliphatic carbocycles. The van der Waals surface area contributed by atoms with Gasteiger partial charge in [-0.05, 0) is 0 Å². The first-order valence-electron chi connectivity index (χ1n) is 3.81. The lowest BCUT2D eigenvalue weighted by Crippen LogP contribution is -2.27. The van der Waals surface area contributed by atoms with E-state index in [-0.39, 0.29) is 0 Å². The summed E-state index contributed by atoms with van der Waals surface area (Å²) < 4.78 is 4.17. The first-order chi connectivity index (χ1) is 7.02. The minimum absolute atomic E-state index is 0.412. The average Bonchev–Trinajstić information content (AvgIpc) is 2.16. The van der Waals surface area contributed by atoms with E-state index < -0.39 is 35.4 Å². The maximum Gasteiger partial charge on any atom is 0.362 e.